The van der Waals surface area contributed by atoms with Gasteiger partial charge in [0.1, 0.15) is 5.69 Å². The maximum atomic E-state index is 5.41. The molecule has 0 spiro atoms. The van der Waals surface area contributed by atoms with Gasteiger partial charge in [0, 0.05) is 32.5 Å². The van der Waals surface area contributed by atoms with Crippen molar-refractivity contribution in [3.05, 3.63) is 158 Å². The summed E-state index contributed by atoms with van der Waals surface area (Å²) in [5.41, 5.74) is 11.9. The van der Waals surface area contributed by atoms with Gasteiger partial charge in [-0.3, -0.25) is 4.57 Å². The SMILES string of the molecule is c1ccc(-c2ccc(-c3nc4ccccc4nc3-n3c4cccc5c6ccccc6n6c7ccccc7c7ccc3c(c54)c76)cc2)cc1. The number of fused-ring (bicyclic) bond motifs is 7. The largest absolute Gasteiger partial charge is 0.308 e. The Labute approximate surface area is 275 Å². The lowest BCUT2D eigenvalue weighted by Gasteiger charge is -2.14. The molecule has 0 bridgehead atoms. The fourth-order valence-corrected chi connectivity index (χ4v) is 7.99. The highest BCUT2D eigenvalue weighted by atomic mass is 15.1. The van der Waals surface area contributed by atoms with Gasteiger partial charge in [-0.2, -0.15) is 0 Å². The van der Waals surface area contributed by atoms with Crippen molar-refractivity contribution in [2.24, 2.45) is 0 Å². The third-order valence-electron chi connectivity index (χ3n) is 10.1. The van der Waals surface area contributed by atoms with E-state index in [1.807, 2.05) is 12.1 Å². The summed E-state index contributed by atoms with van der Waals surface area (Å²) in [6, 6.07) is 56.3. The van der Waals surface area contributed by atoms with E-state index < -0.39 is 0 Å². The van der Waals surface area contributed by atoms with E-state index in [2.05, 4.69) is 155 Å². The number of nitrogens with zero attached hydrogens (tertiary/aromatic N) is 4. The molecule has 0 aliphatic rings. The fourth-order valence-electron chi connectivity index (χ4n) is 7.99. The van der Waals surface area contributed by atoms with E-state index in [-0.39, 0.29) is 0 Å². The Morgan fingerprint density at radius 3 is 1.69 bits per heavy atom. The second-order valence-corrected chi connectivity index (χ2v) is 12.6. The Kier molecular flexibility index (Phi) is 5.08. The minimum absolute atomic E-state index is 0.828. The Hall–Kier alpha value is -6.52. The second-order valence-electron chi connectivity index (χ2n) is 12.6. The first-order valence-corrected chi connectivity index (χ1v) is 16.4. The molecule has 48 heavy (non-hydrogen) atoms. The second kappa shape index (κ2) is 9.50. The third-order valence-corrected chi connectivity index (χ3v) is 10.1. The summed E-state index contributed by atoms with van der Waals surface area (Å²) in [6.45, 7) is 0. The monoisotopic (exact) mass is 610 g/mol. The van der Waals surface area contributed by atoms with Gasteiger partial charge in [-0.1, -0.05) is 121 Å². The molecule has 11 aromatic rings. The first-order chi connectivity index (χ1) is 23.8. The van der Waals surface area contributed by atoms with Crippen LogP contribution in [0.4, 0.5) is 0 Å². The van der Waals surface area contributed by atoms with Crippen LogP contribution < -0.4 is 0 Å². The number of hydrogen-bond donors (Lipinski definition) is 0. The van der Waals surface area contributed by atoms with Gasteiger partial charge >= 0.3 is 0 Å². The Morgan fingerprint density at radius 2 is 0.917 bits per heavy atom. The van der Waals surface area contributed by atoms with Crippen LogP contribution in [0.25, 0.3) is 99.1 Å². The predicted octanol–water partition coefficient (Wildman–Crippen LogP) is 11.2. The van der Waals surface area contributed by atoms with Crippen LogP contribution in [0, 0.1) is 0 Å². The summed E-state index contributed by atoms with van der Waals surface area (Å²) < 4.78 is 4.82. The molecule has 4 nitrogen and oxygen atoms in total. The zero-order valence-corrected chi connectivity index (χ0v) is 25.8. The average Bonchev–Trinajstić information content (AvgIpc) is 3.63. The van der Waals surface area contributed by atoms with Gasteiger partial charge in [0.05, 0.1) is 38.6 Å². The predicted molar refractivity (Wildman–Crippen MR) is 199 cm³/mol. The number of rotatable bonds is 3. The van der Waals surface area contributed by atoms with Gasteiger partial charge in [0.15, 0.2) is 5.82 Å². The molecular formula is C44H26N4. The Balaban J connectivity index is 1.31. The Morgan fingerprint density at radius 1 is 0.354 bits per heavy atom. The van der Waals surface area contributed by atoms with Gasteiger partial charge in [0.2, 0.25) is 0 Å². The quantitative estimate of drug-likeness (QED) is 0.199. The number of para-hydroxylation sites is 4. The van der Waals surface area contributed by atoms with E-state index >= 15 is 0 Å². The molecule has 0 saturated heterocycles. The Bertz CT molecular complexity index is 3040. The topological polar surface area (TPSA) is 35.1 Å². The molecule has 0 atom stereocenters. The van der Waals surface area contributed by atoms with Crippen LogP contribution in [0.1, 0.15) is 0 Å². The summed E-state index contributed by atoms with van der Waals surface area (Å²) in [5.74, 6) is 0.828. The summed E-state index contributed by atoms with van der Waals surface area (Å²) in [5, 5.41) is 7.45. The van der Waals surface area contributed by atoms with E-state index in [0.29, 0.717) is 0 Å². The van der Waals surface area contributed by atoms with Gasteiger partial charge in [-0.15, -0.1) is 0 Å². The zero-order chi connectivity index (χ0) is 31.3. The summed E-state index contributed by atoms with van der Waals surface area (Å²) in [7, 11) is 0. The van der Waals surface area contributed by atoms with Crippen LogP contribution in [0.3, 0.4) is 0 Å². The lowest BCUT2D eigenvalue weighted by atomic mass is 10.0. The van der Waals surface area contributed by atoms with Crippen molar-refractivity contribution in [1.82, 2.24) is 18.9 Å². The molecule has 0 aliphatic heterocycles. The number of benzene rings is 7. The van der Waals surface area contributed by atoms with Crippen molar-refractivity contribution in [1.29, 1.82) is 0 Å². The lowest BCUT2D eigenvalue weighted by molar-refractivity contribution is 1.08. The molecule has 11 rings (SSSR count). The molecule has 4 heterocycles. The van der Waals surface area contributed by atoms with Crippen molar-refractivity contribution in [3.8, 4) is 28.2 Å². The van der Waals surface area contributed by atoms with Crippen molar-refractivity contribution in [3.63, 3.8) is 0 Å². The highest BCUT2D eigenvalue weighted by Gasteiger charge is 2.25. The van der Waals surface area contributed by atoms with Gasteiger partial charge < -0.3 is 4.40 Å². The smallest absolute Gasteiger partial charge is 0.165 e. The maximum Gasteiger partial charge on any atom is 0.165 e. The molecular weight excluding hydrogens is 585 g/mol. The van der Waals surface area contributed by atoms with E-state index in [1.165, 1.54) is 60.0 Å². The van der Waals surface area contributed by atoms with Crippen molar-refractivity contribution < 1.29 is 0 Å². The van der Waals surface area contributed by atoms with Crippen LogP contribution in [-0.4, -0.2) is 18.9 Å². The molecule has 0 fully saturated rings. The first kappa shape index (κ1) is 25.6. The van der Waals surface area contributed by atoms with E-state index in [0.717, 1.165) is 39.1 Å². The number of hydrogen-bond acceptors (Lipinski definition) is 2. The number of aromatic nitrogens is 4. The van der Waals surface area contributed by atoms with Crippen LogP contribution >= 0.6 is 0 Å². The van der Waals surface area contributed by atoms with Crippen LogP contribution in [0.5, 0.6) is 0 Å². The third kappa shape index (κ3) is 3.38. The summed E-state index contributed by atoms with van der Waals surface area (Å²) in [4.78, 5) is 10.7. The molecule has 0 saturated carbocycles. The molecule has 0 aliphatic carbocycles. The zero-order valence-electron chi connectivity index (χ0n) is 25.8. The van der Waals surface area contributed by atoms with Gasteiger partial charge in [0.25, 0.3) is 0 Å². The first-order valence-electron chi connectivity index (χ1n) is 16.4. The minimum Gasteiger partial charge on any atom is -0.308 e. The average molecular weight is 611 g/mol. The van der Waals surface area contributed by atoms with Crippen LogP contribution in [0.15, 0.2) is 158 Å². The van der Waals surface area contributed by atoms with Crippen molar-refractivity contribution in [2.45, 2.75) is 0 Å². The van der Waals surface area contributed by atoms with Gasteiger partial charge in [-0.05, 0) is 52.9 Å². The van der Waals surface area contributed by atoms with E-state index in [1.54, 1.807) is 0 Å². The molecule has 7 aromatic carbocycles. The van der Waals surface area contributed by atoms with Crippen molar-refractivity contribution in [2.75, 3.05) is 0 Å². The minimum atomic E-state index is 0.828. The normalized spacial score (nSPS) is 12.2. The molecule has 0 amide bonds. The highest BCUT2D eigenvalue weighted by Crippen LogP contribution is 2.45. The fraction of sp³-hybridized carbons (Fsp3) is 0. The van der Waals surface area contributed by atoms with Crippen molar-refractivity contribution >= 4 is 70.9 Å². The molecule has 0 N–H and O–H groups in total. The molecule has 4 aromatic heterocycles. The van der Waals surface area contributed by atoms with Crippen LogP contribution in [0.2, 0.25) is 0 Å². The molecule has 4 heteroatoms. The molecule has 222 valence electrons. The molecule has 0 radical (unpaired) electrons. The summed E-state index contributed by atoms with van der Waals surface area (Å²) in [6.07, 6.45) is 0. The maximum absolute atomic E-state index is 5.41. The van der Waals surface area contributed by atoms with E-state index in [9.17, 15) is 0 Å². The lowest BCUT2D eigenvalue weighted by Crippen LogP contribution is -2.03. The standard InChI is InChI=1S/C44H26N4/c1-2-11-27(12-3-1)28-21-23-29(24-22-28)42-44(46-35-17-7-6-16-34(35)45-42)48-38-20-10-15-32-30-13-4-8-18-36(30)47-37-19-9-5-14-31(37)33-25-26-39(48)41(40(32)38)43(33)47/h1-26H. The highest BCUT2D eigenvalue weighted by molar-refractivity contribution is 6.33. The summed E-state index contributed by atoms with van der Waals surface area (Å²) >= 11 is 0. The van der Waals surface area contributed by atoms with Crippen LogP contribution in [-0.2, 0) is 0 Å². The van der Waals surface area contributed by atoms with E-state index in [4.69, 9.17) is 9.97 Å². The molecule has 0 unspecified atom stereocenters. The van der Waals surface area contributed by atoms with Gasteiger partial charge in [-0.25, -0.2) is 9.97 Å².